The van der Waals surface area contributed by atoms with Crippen LogP contribution in [0.1, 0.15) is 21.6 Å². The highest BCUT2D eigenvalue weighted by Crippen LogP contribution is 2.21. The topological polar surface area (TPSA) is 73.1 Å². The van der Waals surface area contributed by atoms with E-state index in [1.54, 1.807) is 18.3 Å². The van der Waals surface area contributed by atoms with E-state index in [0.29, 0.717) is 5.69 Å². The van der Waals surface area contributed by atoms with Crippen LogP contribution in [0.2, 0.25) is 0 Å². The molecule has 6 heteroatoms. The van der Waals surface area contributed by atoms with E-state index >= 15 is 0 Å². The molecule has 0 aliphatic heterocycles. The van der Waals surface area contributed by atoms with Crippen LogP contribution in [0.15, 0.2) is 36.5 Å². The number of carbonyl (C=O) groups excluding carboxylic acids is 1. The molecule has 0 fully saturated rings. The van der Waals surface area contributed by atoms with E-state index in [0.717, 1.165) is 23.8 Å². The molecule has 0 bridgehead atoms. The lowest BCUT2D eigenvalue weighted by Gasteiger charge is -2.03. The number of rotatable bonds is 4. The number of Topliss-reactive ketones (excluding diaryl/α,β-unsaturated/α-hetero) is 1. The summed E-state index contributed by atoms with van der Waals surface area (Å²) < 4.78 is 13.2. The Morgan fingerprint density at radius 1 is 1.35 bits per heavy atom. The highest BCUT2D eigenvalue weighted by Gasteiger charge is 2.21. The van der Waals surface area contributed by atoms with E-state index in [1.165, 1.54) is 0 Å². The van der Waals surface area contributed by atoms with Crippen molar-refractivity contribution in [2.45, 2.75) is 13.3 Å². The number of halogens is 1. The normalized spacial score (nSPS) is 10.3. The smallest absolute Gasteiger partial charge is 0.280 e. The van der Waals surface area contributed by atoms with Crippen molar-refractivity contribution in [3.63, 3.8) is 0 Å². The molecule has 0 atom stereocenters. The summed E-state index contributed by atoms with van der Waals surface area (Å²) in [7, 11) is 0. The number of carbonyl (C=O) groups is 1. The van der Waals surface area contributed by atoms with Gasteiger partial charge in [0.1, 0.15) is 5.82 Å². The highest BCUT2D eigenvalue weighted by molar-refractivity contribution is 6.00. The van der Waals surface area contributed by atoms with E-state index in [1.807, 2.05) is 6.92 Å². The molecule has 5 nitrogen and oxygen atoms in total. The number of aryl methyl sites for hydroxylation is 1. The highest BCUT2D eigenvalue weighted by atomic mass is 19.1. The Hall–Kier alpha value is -2.63. The second-order valence-electron chi connectivity index (χ2n) is 4.35. The van der Waals surface area contributed by atoms with Gasteiger partial charge >= 0.3 is 0 Å². The average molecular weight is 274 g/mol. The first-order chi connectivity index (χ1) is 9.47. The summed E-state index contributed by atoms with van der Waals surface area (Å²) in [6.07, 6.45) is 1.49. The van der Waals surface area contributed by atoms with Gasteiger partial charge in [-0.2, -0.15) is 0 Å². The van der Waals surface area contributed by atoms with Gasteiger partial charge in [0.15, 0.2) is 5.78 Å². The number of nitro benzene ring substituents is 1. The third kappa shape index (κ3) is 3.03. The molecule has 0 N–H and O–H groups in total. The van der Waals surface area contributed by atoms with Gasteiger partial charge < -0.3 is 0 Å². The minimum atomic E-state index is -0.699. The first-order valence-corrected chi connectivity index (χ1v) is 5.86. The summed E-state index contributed by atoms with van der Waals surface area (Å²) >= 11 is 0. The van der Waals surface area contributed by atoms with Gasteiger partial charge in [0, 0.05) is 18.0 Å². The van der Waals surface area contributed by atoms with Crippen LogP contribution in [0.5, 0.6) is 0 Å². The molecule has 1 aromatic heterocycles. The van der Waals surface area contributed by atoms with Crippen molar-refractivity contribution in [3.8, 4) is 0 Å². The third-order valence-electron chi connectivity index (χ3n) is 2.77. The number of benzene rings is 1. The fourth-order valence-electron chi connectivity index (χ4n) is 1.75. The maximum absolute atomic E-state index is 13.2. The van der Waals surface area contributed by atoms with Crippen LogP contribution in [0.4, 0.5) is 10.1 Å². The van der Waals surface area contributed by atoms with Gasteiger partial charge in [0.25, 0.3) is 5.69 Å². The molecule has 102 valence electrons. The summed E-state index contributed by atoms with van der Waals surface area (Å²) in [6, 6.07) is 6.28. The Kier molecular flexibility index (Phi) is 3.84. The second kappa shape index (κ2) is 5.56. The second-order valence-corrected chi connectivity index (χ2v) is 4.35. The number of nitrogens with zero attached hydrogens (tertiary/aromatic N) is 2. The zero-order chi connectivity index (χ0) is 14.7. The number of pyridine rings is 1. The minimum Gasteiger partial charge on any atom is -0.293 e. The van der Waals surface area contributed by atoms with Crippen LogP contribution in [-0.4, -0.2) is 15.7 Å². The summed E-state index contributed by atoms with van der Waals surface area (Å²) in [5.41, 5.74) is 0.790. The van der Waals surface area contributed by atoms with Gasteiger partial charge in [0.05, 0.1) is 16.9 Å². The van der Waals surface area contributed by atoms with Crippen molar-refractivity contribution in [1.82, 2.24) is 4.98 Å². The molecule has 0 radical (unpaired) electrons. The van der Waals surface area contributed by atoms with Gasteiger partial charge in [-0.15, -0.1) is 0 Å². The molecule has 0 saturated heterocycles. The van der Waals surface area contributed by atoms with Crippen molar-refractivity contribution in [2.75, 3.05) is 0 Å². The van der Waals surface area contributed by atoms with E-state index in [-0.39, 0.29) is 12.0 Å². The summed E-state index contributed by atoms with van der Waals surface area (Å²) in [5.74, 6) is -1.22. The van der Waals surface area contributed by atoms with Gasteiger partial charge in [-0.25, -0.2) is 4.39 Å². The Morgan fingerprint density at radius 3 is 2.70 bits per heavy atom. The molecule has 20 heavy (non-hydrogen) atoms. The van der Waals surface area contributed by atoms with Crippen molar-refractivity contribution in [1.29, 1.82) is 0 Å². The predicted molar refractivity (Wildman–Crippen MR) is 70.1 cm³/mol. The largest absolute Gasteiger partial charge is 0.293 e. The fourth-order valence-corrected chi connectivity index (χ4v) is 1.75. The summed E-state index contributed by atoms with van der Waals surface area (Å²) in [4.78, 5) is 26.3. The Labute approximate surface area is 114 Å². The van der Waals surface area contributed by atoms with Gasteiger partial charge in [-0.3, -0.25) is 19.9 Å². The lowest BCUT2D eigenvalue weighted by atomic mass is 10.0. The zero-order valence-electron chi connectivity index (χ0n) is 10.7. The molecular weight excluding hydrogens is 263 g/mol. The monoisotopic (exact) mass is 274 g/mol. The molecule has 2 aromatic rings. The van der Waals surface area contributed by atoms with Crippen LogP contribution >= 0.6 is 0 Å². The molecule has 0 unspecified atom stereocenters. The number of hydrogen-bond acceptors (Lipinski definition) is 4. The maximum Gasteiger partial charge on any atom is 0.280 e. The summed E-state index contributed by atoms with van der Waals surface area (Å²) in [5, 5.41) is 10.8. The van der Waals surface area contributed by atoms with Crippen molar-refractivity contribution >= 4 is 11.5 Å². The molecule has 1 aromatic carbocycles. The van der Waals surface area contributed by atoms with E-state index in [9.17, 15) is 19.3 Å². The van der Waals surface area contributed by atoms with Gasteiger partial charge in [-0.05, 0) is 30.7 Å². The Morgan fingerprint density at radius 2 is 2.10 bits per heavy atom. The number of hydrogen-bond donors (Lipinski definition) is 0. The Bertz CT molecular complexity index is 669. The number of ketones is 1. The van der Waals surface area contributed by atoms with E-state index in [2.05, 4.69) is 4.98 Å². The molecule has 0 saturated carbocycles. The number of nitro groups is 1. The van der Waals surface area contributed by atoms with Crippen LogP contribution in [0.25, 0.3) is 0 Å². The van der Waals surface area contributed by atoms with E-state index in [4.69, 9.17) is 0 Å². The van der Waals surface area contributed by atoms with Crippen molar-refractivity contribution < 1.29 is 14.1 Å². The lowest BCUT2D eigenvalue weighted by Crippen LogP contribution is -2.08. The molecular formula is C14H11FN2O3. The fraction of sp³-hybridized carbons (Fsp3) is 0.143. The van der Waals surface area contributed by atoms with E-state index < -0.39 is 22.2 Å². The average Bonchev–Trinajstić information content (AvgIpc) is 2.41. The predicted octanol–water partition coefficient (Wildman–Crippen LogP) is 2.86. The number of aromatic nitrogens is 1. The zero-order valence-corrected chi connectivity index (χ0v) is 10.7. The molecule has 0 amide bonds. The maximum atomic E-state index is 13.2. The molecule has 0 aliphatic rings. The van der Waals surface area contributed by atoms with Crippen LogP contribution in [-0.2, 0) is 6.42 Å². The van der Waals surface area contributed by atoms with Gasteiger partial charge in [-0.1, -0.05) is 6.07 Å². The van der Waals surface area contributed by atoms with Crippen molar-refractivity contribution in [3.05, 3.63) is 69.3 Å². The lowest BCUT2D eigenvalue weighted by molar-refractivity contribution is -0.385. The first-order valence-electron chi connectivity index (χ1n) is 5.86. The molecule has 1 heterocycles. The quantitative estimate of drug-likeness (QED) is 0.488. The SMILES string of the molecule is Cc1ccc(CC(=O)c2cc(F)ccc2[N+](=O)[O-])nc1. The van der Waals surface area contributed by atoms with Crippen LogP contribution in [0.3, 0.4) is 0 Å². The summed E-state index contributed by atoms with van der Waals surface area (Å²) in [6.45, 7) is 1.86. The van der Waals surface area contributed by atoms with Crippen LogP contribution < -0.4 is 0 Å². The molecule has 2 rings (SSSR count). The molecule has 0 aliphatic carbocycles. The minimum absolute atomic E-state index is 0.107. The van der Waals surface area contributed by atoms with Crippen LogP contribution in [0, 0.1) is 22.9 Å². The molecule has 0 spiro atoms. The van der Waals surface area contributed by atoms with Gasteiger partial charge in [0.2, 0.25) is 0 Å². The first kappa shape index (κ1) is 13.8. The Balaban J connectivity index is 2.31. The van der Waals surface area contributed by atoms with Crippen molar-refractivity contribution in [2.24, 2.45) is 0 Å². The third-order valence-corrected chi connectivity index (χ3v) is 2.77. The standard InChI is InChI=1S/C14H11FN2O3/c1-9-2-4-11(16-8-9)7-14(18)12-6-10(15)3-5-13(12)17(19)20/h2-6,8H,7H2,1H3.